The first kappa shape index (κ1) is 18.2. The van der Waals surface area contributed by atoms with Gasteiger partial charge in [0, 0.05) is 39.1 Å². The summed E-state index contributed by atoms with van der Waals surface area (Å²) in [5.74, 6) is 2.89. The number of ether oxygens (including phenoxy) is 2. The zero-order valence-corrected chi connectivity index (χ0v) is 17.2. The van der Waals surface area contributed by atoms with Gasteiger partial charge in [-0.2, -0.15) is 0 Å². The van der Waals surface area contributed by atoms with Crippen molar-refractivity contribution >= 4 is 32.6 Å². The number of rotatable bonds is 4. The molecule has 2 aromatic heterocycles. The molecule has 2 aliphatic heterocycles. The highest BCUT2D eigenvalue weighted by atomic mass is 32.1. The fourth-order valence-electron chi connectivity index (χ4n) is 3.96. The maximum atomic E-state index is 12.9. The van der Waals surface area contributed by atoms with E-state index in [1.165, 1.54) is 0 Å². The van der Waals surface area contributed by atoms with E-state index in [1.54, 1.807) is 25.6 Å². The van der Waals surface area contributed by atoms with Crippen molar-refractivity contribution in [2.24, 2.45) is 0 Å². The maximum Gasteiger partial charge on any atom is 0.291 e. The van der Waals surface area contributed by atoms with Crippen LogP contribution < -0.4 is 14.4 Å². The summed E-state index contributed by atoms with van der Waals surface area (Å²) in [6.07, 6.45) is 1.93. The second-order valence-corrected chi connectivity index (χ2v) is 8.10. The number of hydrogen-bond donors (Lipinski definition) is 0. The van der Waals surface area contributed by atoms with Gasteiger partial charge in [0.15, 0.2) is 5.13 Å². The minimum atomic E-state index is -0.0297. The van der Waals surface area contributed by atoms with Crippen molar-refractivity contribution < 1.29 is 14.3 Å². The summed E-state index contributed by atoms with van der Waals surface area (Å²) < 4.78 is 13.9. The van der Waals surface area contributed by atoms with Crippen LogP contribution in [0, 0.1) is 0 Å². The summed E-state index contributed by atoms with van der Waals surface area (Å²) in [6.45, 7) is 3.53. The van der Waals surface area contributed by atoms with Crippen LogP contribution in [0.15, 0.2) is 12.1 Å². The van der Waals surface area contributed by atoms with Crippen LogP contribution in [0.1, 0.15) is 22.9 Å². The zero-order chi connectivity index (χ0) is 20.0. The summed E-state index contributed by atoms with van der Waals surface area (Å²) in [6, 6.07) is 3.77. The Morgan fingerprint density at radius 3 is 2.55 bits per heavy atom. The molecule has 0 unspecified atom stereocenters. The Labute approximate surface area is 171 Å². The first-order valence-electron chi connectivity index (χ1n) is 9.67. The van der Waals surface area contributed by atoms with Crippen LogP contribution in [0.2, 0.25) is 0 Å². The number of carbonyl (C=O) groups is 1. The summed E-state index contributed by atoms with van der Waals surface area (Å²) in [7, 11) is 3.30. The molecule has 29 heavy (non-hydrogen) atoms. The molecule has 0 bridgehead atoms. The Balaban J connectivity index is 1.33. The topological polar surface area (TPSA) is 85.6 Å². The highest BCUT2D eigenvalue weighted by Crippen LogP contribution is 2.40. The first-order chi connectivity index (χ1) is 14.2. The molecule has 152 valence electrons. The standard InChI is InChI=1S/C19H22N6O3S/c1-27-12-5-6-13(28-2)16-15(12)20-19(29-16)24-10-8-23(9-11-24)18(26)17-22-21-14-4-3-7-25(14)17/h5-6H,3-4,7-11H2,1-2H3. The fourth-order valence-corrected chi connectivity index (χ4v) is 5.09. The molecule has 2 aliphatic rings. The summed E-state index contributed by atoms with van der Waals surface area (Å²) in [5, 5.41) is 9.20. The van der Waals surface area contributed by atoms with E-state index in [4.69, 9.17) is 14.5 Å². The van der Waals surface area contributed by atoms with Crippen LogP contribution in [-0.2, 0) is 13.0 Å². The molecule has 0 saturated carbocycles. The predicted molar refractivity (Wildman–Crippen MR) is 109 cm³/mol. The molecule has 1 amide bonds. The van der Waals surface area contributed by atoms with Crippen LogP contribution >= 0.6 is 11.3 Å². The van der Waals surface area contributed by atoms with E-state index >= 15 is 0 Å². The summed E-state index contributed by atoms with van der Waals surface area (Å²) in [4.78, 5) is 21.8. The number of benzene rings is 1. The Kier molecular flexibility index (Phi) is 4.50. The van der Waals surface area contributed by atoms with Crippen molar-refractivity contribution in [3.8, 4) is 11.5 Å². The van der Waals surface area contributed by atoms with Gasteiger partial charge in [-0.3, -0.25) is 4.79 Å². The molecule has 3 aromatic rings. The number of anilines is 1. The molecule has 9 nitrogen and oxygen atoms in total. The van der Waals surface area contributed by atoms with Crippen LogP contribution in [0.25, 0.3) is 10.2 Å². The second-order valence-electron chi connectivity index (χ2n) is 7.12. The van der Waals surface area contributed by atoms with Crippen molar-refractivity contribution in [2.45, 2.75) is 19.4 Å². The van der Waals surface area contributed by atoms with E-state index < -0.39 is 0 Å². The van der Waals surface area contributed by atoms with Crippen LogP contribution in [0.3, 0.4) is 0 Å². The lowest BCUT2D eigenvalue weighted by atomic mass is 10.3. The lowest BCUT2D eigenvalue weighted by Crippen LogP contribution is -2.49. The molecule has 0 N–H and O–H groups in total. The average molecular weight is 414 g/mol. The third kappa shape index (κ3) is 2.98. The highest BCUT2D eigenvalue weighted by Gasteiger charge is 2.29. The number of fused-ring (bicyclic) bond motifs is 2. The van der Waals surface area contributed by atoms with Crippen molar-refractivity contribution in [2.75, 3.05) is 45.3 Å². The van der Waals surface area contributed by atoms with E-state index in [0.717, 1.165) is 65.1 Å². The number of methoxy groups -OCH3 is 2. The van der Waals surface area contributed by atoms with Crippen LogP contribution in [0.4, 0.5) is 5.13 Å². The number of piperazine rings is 1. The Hall–Kier alpha value is -2.88. The van der Waals surface area contributed by atoms with E-state index in [1.807, 2.05) is 21.6 Å². The van der Waals surface area contributed by atoms with Gasteiger partial charge in [0.2, 0.25) is 5.82 Å². The molecule has 1 aromatic carbocycles. The molecule has 0 aliphatic carbocycles. The first-order valence-corrected chi connectivity index (χ1v) is 10.5. The SMILES string of the molecule is COc1ccc(OC)c2sc(N3CCN(C(=O)c4nnc5n4CCC5)CC3)nc12. The van der Waals surface area contributed by atoms with Crippen molar-refractivity contribution in [1.82, 2.24) is 24.6 Å². The van der Waals surface area contributed by atoms with Gasteiger partial charge in [-0.25, -0.2) is 4.98 Å². The maximum absolute atomic E-state index is 12.9. The monoisotopic (exact) mass is 414 g/mol. The molecule has 0 radical (unpaired) electrons. The highest BCUT2D eigenvalue weighted by molar-refractivity contribution is 7.22. The Morgan fingerprint density at radius 1 is 1.03 bits per heavy atom. The lowest BCUT2D eigenvalue weighted by Gasteiger charge is -2.34. The molecule has 1 saturated heterocycles. The number of aryl methyl sites for hydroxylation is 1. The Bertz CT molecular complexity index is 1030. The van der Waals surface area contributed by atoms with Gasteiger partial charge in [-0.1, -0.05) is 11.3 Å². The molecule has 10 heteroatoms. The number of aromatic nitrogens is 4. The van der Waals surface area contributed by atoms with Crippen molar-refractivity contribution in [1.29, 1.82) is 0 Å². The number of thiazole rings is 1. The van der Waals surface area contributed by atoms with Gasteiger partial charge in [0.1, 0.15) is 27.5 Å². The Morgan fingerprint density at radius 2 is 1.79 bits per heavy atom. The smallest absolute Gasteiger partial charge is 0.291 e. The molecule has 0 atom stereocenters. The minimum absolute atomic E-state index is 0.0297. The fraction of sp³-hybridized carbons (Fsp3) is 0.474. The van der Waals surface area contributed by atoms with Gasteiger partial charge in [-0.05, 0) is 18.6 Å². The van der Waals surface area contributed by atoms with E-state index in [9.17, 15) is 4.79 Å². The number of nitrogens with zero attached hydrogens (tertiary/aromatic N) is 6. The molecular weight excluding hydrogens is 392 g/mol. The quantitative estimate of drug-likeness (QED) is 0.644. The second kappa shape index (κ2) is 7.18. The molecular formula is C19H22N6O3S. The van der Waals surface area contributed by atoms with Crippen LogP contribution in [-0.4, -0.2) is 71.0 Å². The third-order valence-corrected chi connectivity index (χ3v) is 6.67. The van der Waals surface area contributed by atoms with E-state index in [-0.39, 0.29) is 5.91 Å². The number of hydrogen-bond acceptors (Lipinski definition) is 8. The summed E-state index contributed by atoms with van der Waals surface area (Å²) in [5.41, 5.74) is 0.810. The zero-order valence-electron chi connectivity index (χ0n) is 16.4. The lowest BCUT2D eigenvalue weighted by molar-refractivity contribution is 0.0729. The number of carbonyl (C=O) groups excluding carboxylic acids is 1. The van der Waals surface area contributed by atoms with Crippen molar-refractivity contribution in [3.63, 3.8) is 0 Å². The van der Waals surface area contributed by atoms with Gasteiger partial charge in [0.25, 0.3) is 5.91 Å². The average Bonchev–Trinajstić information content (AvgIpc) is 3.48. The third-order valence-electron chi connectivity index (χ3n) is 5.54. The van der Waals surface area contributed by atoms with E-state index in [0.29, 0.717) is 18.9 Å². The normalized spacial score (nSPS) is 16.3. The number of amides is 1. The minimum Gasteiger partial charge on any atom is -0.495 e. The van der Waals surface area contributed by atoms with E-state index in [2.05, 4.69) is 15.1 Å². The van der Waals surface area contributed by atoms with Crippen LogP contribution in [0.5, 0.6) is 11.5 Å². The largest absolute Gasteiger partial charge is 0.495 e. The molecule has 0 spiro atoms. The van der Waals surface area contributed by atoms with Crippen molar-refractivity contribution in [3.05, 3.63) is 23.8 Å². The van der Waals surface area contributed by atoms with Gasteiger partial charge >= 0.3 is 0 Å². The molecule has 1 fully saturated rings. The summed E-state index contributed by atoms with van der Waals surface area (Å²) >= 11 is 1.59. The van der Waals surface area contributed by atoms with Gasteiger partial charge in [-0.15, -0.1) is 10.2 Å². The molecule has 5 rings (SSSR count). The molecule has 4 heterocycles. The van der Waals surface area contributed by atoms with Gasteiger partial charge in [0.05, 0.1) is 14.2 Å². The predicted octanol–water partition coefficient (Wildman–Crippen LogP) is 1.81. The van der Waals surface area contributed by atoms with Gasteiger partial charge < -0.3 is 23.8 Å².